The van der Waals surface area contributed by atoms with Crippen molar-refractivity contribution in [2.75, 3.05) is 26.0 Å². The maximum Gasteiger partial charge on any atom is 0.407 e. The monoisotopic (exact) mass is 482 g/mol. The van der Waals surface area contributed by atoms with E-state index < -0.39 is 18.1 Å². The van der Waals surface area contributed by atoms with Crippen LogP contribution in [-0.4, -0.2) is 65.2 Å². The molecule has 7 nitrogen and oxygen atoms in total. The molecule has 2 atom stereocenters. The number of nitrogens with zero attached hydrogens (tertiary/aromatic N) is 1. The number of fused-ring (bicyclic) bond motifs is 3. The van der Waals surface area contributed by atoms with Gasteiger partial charge in [0.2, 0.25) is 5.91 Å². The maximum absolute atomic E-state index is 13.1. The van der Waals surface area contributed by atoms with E-state index >= 15 is 0 Å². The van der Waals surface area contributed by atoms with E-state index in [2.05, 4.69) is 17.4 Å². The van der Waals surface area contributed by atoms with Crippen LogP contribution in [0.5, 0.6) is 0 Å². The largest absolute Gasteiger partial charge is 0.481 e. The zero-order valence-corrected chi connectivity index (χ0v) is 20.1. The Kier molecular flexibility index (Phi) is 7.77. The smallest absolute Gasteiger partial charge is 0.407 e. The summed E-state index contributed by atoms with van der Waals surface area (Å²) in [6.45, 7) is 1.36. The zero-order valence-electron chi connectivity index (χ0n) is 19.2. The first-order valence-electron chi connectivity index (χ1n) is 11.6. The predicted octanol–water partition coefficient (Wildman–Crippen LogP) is 4.11. The van der Waals surface area contributed by atoms with Crippen LogP contribution in [0.3, 0.4) is 0 Å². The van der Waals surface area contributed by atoms with Crippen LogP contribution in [0.25, 0.3) is 11.1 Å². The number of alkyl carbamates (subject to hydrolysis) is 1. The fraction of sp³-hybridized carbons (Fsp3) is 0.423. The minimum atomic E-state index is -1.01. The molecule has 0 radical (unpaired) electrons. The van der Waals surface area contributed by atoms with Crippen LogP contribution in [-0.2, 0) is 14.3 Å². The summed E-state index contributed by atoms with van der Waals surface area (Å²) in [5, 5.41) is 12.1. The third-order valence-electron chi connectivity index (χ3n) is 6.60. The SMILES string of the molecule is CSC1CCCN(C(=O)C(CCC(=O)O)NC(=O)OCC2c3ccccc3-c3ccccc32)C1. The van der Waals surface area contributed by atoms with Crippen molar-refractivity contribution in [3.05, 3.63) is 59.7 Å². The highest BCUT2D eigenvalue weighted by Crippen LogP contribution is 2.44. The molecule has 1 saturated heterocycles. The van der Waals surface area contributed by atoms with E-state index in [1.807, 2.05) is 42.7 Å². The number of hydrogen-bond acceptors (Lipinski definition) is 5. The Labute approximate surface area is 203 Å². The standard InChI is InChI=1S/C26H30N2O5S/c1-34-17-7-6-14-28(15-17)25(31)23(12-13-24(29)30)27-26(32)33-16-22-20-10-4-2-8-18(20)19-9-3-5-11-21(19)22/h2-5,8-11,17,22-23H,6-7,12-16H2,1H3,(H,27,32)(H,29,30). The van der Waals surface area contributed by atoms with E-state index in [4.69, 9.17) is 9.84 Å². The molecule has 1 aliphatic heterocycles. The molecule has 2 amide bonds. The molecule has 180 valence electrons. The Bertz CT molecular complexity index is 1010. The topological polar surface area (TPSA) is 95.9 Å². The summed E-state index contributed by atoms with van der Waals surface area (Å²) >= 11 is 1.72. The molecule has 0 aromatic heterocycles. The molecule has 1 aliphatic carbocycles. The summed E-state index contributed by atoms with van der Waals surface area (Å²) in [5.74, 6) is -1.34. The fourth-order valence-corrected chi connectivity index (χ4v) is 5.59. The summed E-state index contributed by atoms with van der Waals surface area (Å²) in [7, 11) is 0. The number of ether oxygens (including phenoxy) is 1. The Morgan fingerprint density at radius 1 is 1.12 bits per heavy atom. The number of hydrogen-bond donors (Lipinski definition) is 2. The Morgan fingerprint density at radius 2 is 1.76 bits per heavy atom. The Morgan fingerprint density at radius 3 is 2.38 bits per heavy atom. The summed E-state index contributed by atoms with van der Waals surface area (Å²) in [4.78, 5) is 38.8. The van der Waals surface area contributed by atoms with Gasteiger partial charge in [0, 0.05) is 30.7 Å². The van der Waals surface area contributed by atoms with Crippen molar-refractivity contribution in [2.45, 2.75) is 42.9 Å². The number of carboxylic acid groups (broad SMARTS) is 1. The van der Waals surface area contributed by atoms with Gasteiger partial charge in [-0.2, -0.15) is 11.8 Å². The van der Waals surface area contributed by atoms with Crippen LogP contribution in [0.2, 0.25) is 0 Å². The van der Waals surface area contributed by atoms with Crippen molar-refractivity contribution in [1.82, 2.24) is 10.2 Å². The normalized spacial score (nSPS) is 18.0. The molecule has 2 aromatic rings. The molecular weight excluding hydrogens is 452 g/mol. The fourth-order valence-electron chi connectivity index (χ4n) is 4.86. The Balaban J connectivity index is 1.42. The number of nitrogens with one attached hydrogen (secondary N) is 1. The summed E-state index contributed by atoms with van der Waals surface area (Å²) < 4.78 is 5.58. The average Bonchev–Trinajstić information content (AvgIpc) is 3.18. The minimum Gasteiger partial charge on any atom is -0.481 e. The van der Waals surface area contributed by atoms with Gasteiger partial charge in [-0.05, 0) is 47.8 Å². The quantitative estimate of drug-likeness (QED) is 0.588. The number of thioether (sulfide) groups is 1. The van der Waals surface area contributed by atoms with Gasteiger partial charge < -0.3 is 20.1 Å². The van der Waals surface area contributed by atoms with Crippen molar-refractivity contribution >= 4 is 29.7 Å². The first kappa shape index (κ1) is 24.1. The van der Waals surface area contributed by atoms with Gasteiger partial charge in [-0.25, -0.2) is 4.79 Å². The van der Waals surface area contributed by atoms with Crippen LogP contribution in [0.4, 0.5) is 4.79 Å². The molecule has 1 fully saturated rings. The van der Waals surface area contributed by atoms with E-state index in [0.29, 0.717) is 18.3 Å². The molecule has 34 heavy (non-hydrogen) atoms. The summed E-state index contributed by atoms with van der Waals surface area (Å²) in [6.07, 6.45) is 3.08. The van der Waals surface area contributed by atoms with Gasteiger partial charge in [-0.1, -0.05) is 48.5 Å². The van der Waals surface area contributed by atoms with Crippen molar-refractivity contribution in [3.63, 3.8) is 0 Å². The molecule has 0 saturated carbocycles. The van der Waals surface area contributed by atoms with E-state index in [1.165, 1.54) is 0 Å². The highest BCUT2D eigenvalue weighted by molar-refractivity contribution is 7.99. The molecule has 2 aromatic carbocycles. The lowest BCUT2D eigenvalue weighted by molar-refractivity contribution is -0.138. The molecule has 2 aliphatic rings. The van der Waals surface area contributed by atoms with E-state index in [1.54, 1.807) is 16.7 Å². The molecule has 8 heteroatoms. The van der Waals surface area contributed by atoms with Crippen LogP contribution < -0.4 is 5.32 Å². The van der Waals surface area contributed by atoms with Gasteiger partial charge in [-0.3, -0.25) is 9.59 Å². The lowest BCUT2D eigenvalue weighted by Crippen LogP contribution is -2.52. The van der Waals surface area contributed by atoms with Crippen LogP contribution in [0, 0.1) is 0 Å². The van der Waals surface area contributed by atoms with Gasteiger partial charge in [0.05, 0.1) is 0 Å². The number of carbonyl (C=O) groups excluding carboxylic acids is 2. The number of rotatable bonds is 8. The number of carboxylic acids is 1. The zero-order chi connectivity index (χ0) is 24.1. The predicted molar refractivity (Wildman–Crippen MR) is 132 cm³/mol. The summed E-state index contributed by atoms with van der Waals surface area (Å²) in [5.41, 5.74) is 4.47. The third kappa shape index (κ3) is 5.38. The first-order chi connectivity index (χ1) is 16.5. The van der Waals surface area contributed by atoms with Crippen LogP contribution in [0.15, 0.2) is 48.5 Å². The lowest BCUT2D eigenvalue weighted by Gasteiger charge is -2.34. The molecule has 2 N–H and O–H groups in total. The van der Waals surface area contributed by atoms with Crippen molar-refractivity contribution in [3.8, 4) is 11.1 Å². The second-order valence-electron chi connectivity index (χ2n) is 8.74. The number of amides is 2. The lowest BCUT2D eigenvalue weighted by atomic mass is 9.98. The second kappa shape index (κ2) is 11.0. The number of aliphatic carboxylic acids is 1. The minimum absolute atomic E-state index is 0.0266. The van der Waals surface area contributed by atoms with E-state index in [9.17, 15) is 14.4 Å². The van der Waals surface area contributed by atoms with Crippen molar-refractivity contribution in [1.29, 1.82) is 0 Å². The Hall–Kier alpha value is -3.00. The highest BCUT2D eigenvalue weighted by atomic mass is 32.2. The number of piperidine rings is 1. The van der Waals surface area contributed by atoms with E-state index in [0.717, 1.165) is 35.1 Å². The first-order valence-corrected chi connectivity index (χ1v) is 12.9. The molecule has 0 bridgehead atoms. The number of carbonyl (C=O) groups is 3. The van der Waals surface area contributed by atoms with Crippen LogP contribution in [0.1, 0.15) is 42.7 Å². The molecule has 4 rings (SSSR count). The van der Waals surface area contributed by atoms with Gasteiger partial charge in [0.25, 0.3) is 0 Å². The highest BCUT2D eigenvalue weighted by Gasteiger charge is 2.32. The molecule has 2 unspecified atom stereocenters. The van der Waals surface area contributed by atoms with Gasteiger partial charge in [0.1, 0.15) is 12.6 Å². The van der Waals surface area contributed by atoms with Gasteiger partial charge >= 0.3 is 12.1 Å². The maximum atomic E-state index is 13.1. The second-order valence-corrected chi connectivity index (χ2v) is 9.88. The number of likely N-dealkylation sites (tertiary alicyclic amines) is 1. The van der Waals surface area contributed by atoms with Crippen molar-refractivity contribution in [2.24, 2.45) is 0 Å². The van der Waals surface area contributed by atoms with Crippen LogP contribution >= 0.6 is 11.8 Å². The molecule has 1 heterocycles. The van der Waals surface area contributed by atoms with E-state index in [-0.39, 0.29) is 31.3 Å². The van der Waals surface area contributed by atoms with Gasteiger partial charge in [-0.15, -0.1) is 0 Å². The third-order valence-corrected chi connectivity index (χ3v) is 7.66. The number of benzene rings is 2. The summed E-state index contributed by atoms with van der Waals surface area (Å²) in [6, 6.07) is 15.2. The average molecular weight is 483 g/mol. The molecular formula is C26H30N2O5S. The van der Waals surface area contributed by atoms with Crippen molar-refractivity contribution < 1.29 is 24.2 Å². The van der Waals surface area contributed by atoms with Gasteiger partial charge in [0.15, 0.2) is 0 Å². The molecule has 0 spiro atoms.